The van der Waals surface area contributed by atoms with Crippen LogP contribution in [0.5, 0.6) is 5.75 Å². The van der Waals surface area contributed by atoms with Gasteiger partial charge >= 0.3 is 0 Å². The lowest BCUT2D eigenvalue weighted by Crippen LogP contribution is -2.33. The lowest BCUT2D eigenvalue weighted by atomic mass is 10.1. The number of aromatic nitrogens is 1. The first-order chi connectivity index (χ1) is 14.4. The van der Waals surface area contributed by atoms with Gasteiger partial charge in [0, 0.05) is 12.6 Å². The molecule has 0 N–H and O–H groups in total. The number of carbonyl (C=O) groups excluding carboxylic acids is 1. The van der Waals surface area contributed by atoms with Crippen molar-refractivity contribution in [2.45, 2.75) is 13.3 Å². The van der Waals surface area contributed by atoms with Gasteiger partial charge < -0.3 is 9.64 Å². The molecule has 0 unspecified atom stereocenters. The molecule has 0 fully saturated rings. The van der Waals surface area contributed by atoms with E-state index in [1.54, 1.807) is 12.1 Å². The summed E-state index contributed by atoms with van der Waals surface area (Å²) in [5, 5.41) is 11.9. The third-order valence-electron chi connectivity index (χ3n) is 4.46. The first-order valence-corrected chi connectivity index (χ1v) is 10.5. The van der Waals surface area contributed by atoms with Gasteiger partial charge in [-0.3, -0.25) is 19.8 Å². The molecule has 3 rings (SSSR count). The van der Waals surface area contributed by atoms with Crippen LogP contribution in [0.25, 0.3) is 10.2 Å². The average molecular weight is 465 g/mol. The monoisotopic (exact) mass is 464 g/mol. The van der Waals surface area contributed by atoms with Crippen molar-refractivity contribution in [3.63, 3.8) is 0 Å². The number of hydrogen-bond acceptors (Lipinski definition) is 7. The number of nitrogens with zero attached hydrogens (tertiary/aromatic N) is 4. The van der Waals surface area contributed by atoms with Gasteiger partial charge in [0.1, 0.15) is 16.8 Å². The van der Waals surface area contributed by atoms with Gasteiger partial charge in [0.15, 0.2) is 5.13 Å². The fourth-order valence-electron chi connectivity index (χ4n) is 3.09. The van der Waals surface area contributed by atoms with Crippen molar-refractivity contribution >= 4 is 50.7 Å². The third kappa shape index (κ3) is 5.69. The van der Waals surface area contributed by atoms with Crippen molar-refractivity contribution in [1.82, 2.24) is 9.88 Å². The minimum Gasteiger partial charge on any atom is -0.492 e. The fourth-order valence-corrected chi connectivity index (χ4v) is 4.09. The van der Waals surface area contributed by atoms with E-state index < -0.39 is 10.8 Å². The summed E-state index contributed by atoms with van der Waals surface area (Å²) < 4.78 is 6.56. The lowest BCUT2D eigenvalue weighted by Gasteiger charge is -2.21. The smallest absolute Gasteiger partial charge is 0.282 e. The van der Waals surface area contributed by atoms with Gasteiger partial charge in [0.25, 0.3) is 11.6 Å². The molecule has 0 aliphatic heterocycles. The Bertz CT molecular complexity index is 1060. The molecule has 0 radical (unpaired) electrons. The maximum atomic E-state index is 13.4. The molecule has 1 amide bonds. The number of halogens is 1. The normalized spacial score (nSPS) is 10.7. The SMILES string of the molecule is CCOc1cccc2sc(N(CCCN(C)C)C(=O)c3ccccc3[N+](=O)[O-])nc12.Cl. The zero-order chi connectivity index (χ0) is 21.7. The number of nitro benzene ring substituents is 1. The van der Waals surface area contributed by atoms with E-state index in [-0.39, 0.29) is 23.7 Å². The van der Waals surface area contributed by atoms with E-state index in [0.717, 1.165) is 11.2 Å². The zero-order valence-corrected chi connectivity index (χ0v) is 19.2. The maximum Gasteiger partial charge on any atom is 0.282 e. The molecule has 0 spiro atoms. The van der Waals surface area contributed by atoms with E-state index in [4.69, 9.17) is 4.74 Å². The van der Waals surface area contributed by atoms with Gasteiger partial charge in [-0.15, -0.1) is 12.4 Å². The van der Waals surface area contributed by atoms with Crippen LogP contribution in [0, 0.1) is 10.1 Å². The van der Waals surface area contributed by atoms with Gasteiger partial charge in [0.05, 0.1) is 16.2 Å². The number of benzene rings is 2. The first kappa shape index (κ1) is 24.5. The van der Waals surface area contributed by atoms with E-state index in [1.807, 2.05) is 44.1 Å². The molecule has 1 heterocycles. The van der Waals surface area contributed by atoms with Crippen molar-refractivity contribution < 1.29 is 14.5 Å². The van der Waals surface area contributed by atoms with Gasteiger partial charge in [-0.2, -0.15) is 0 Å². The Morgan fingerprint density at radius 1 is 1.16 bits per heavy atom. The molecule has 0 saturated heterocycles. The standard InChI is InChI=1S/C21H24N4O4S.ClH/c1-4-29-17-11-7-12-18-19(17)22-21(30-18)24(14-8-13-23(2)3)20(26)15-9-5-6-10-16(15)25(27)28;/h5-7,9-12H,4,8,13-14H2,1-3H3;1H. The van der Waals surface area contributed by atoms with Crippen LogP contribution in [-0.4, -0.2) is 54.5 Å². The predicted molar refractivity (Wildman–Crippen MR) is 126 cm³/mol. The molecule has 1 aromatic heterocycles. The molecule has 0 atom stereocenters. The number of anilines is 1. The molecule has 8 nitrogen and oxygen atoms in total. The Morgan fingerprint density at radius 3 is 2.58 bits per heavy atom. The van der Waals surface area contributed by atoms with Crippen LogP contribution in [0.4, 0.5) is 10.8 Å². The minimum absolute atomic E-state index is 0. The van der Waals surface area contributed by atoms with Crippen molar-refractivity contribution in [1.29, 1.82) is 0 Å². The molecule has 0 aliphatic rings. The molecular formula is C21H25ClN4O4S. The van der Waals surface area contributed by atoms with Gasteiger partial charge in [-0.05, 0) is 52.2 Å². The molecular weight excluding hydrogens is 440 g/mol. The van der Waals surface area contributed by atoms with Crippen LogP contribution in [-0.2, 0) is 0 Å². The van der Waals surface area contributed by atoms with E-state index in [0.29, 0.717) is 36.0 Å². The first-order valence-electron chi connectivity index (χ1n) is 9.64. The summed E-state index contributed by atoms with van der Waals surface area (Å²) in [5.41, 5.74) is 0.528. The molecule has 31 heavy (non-hydrogen) atoms. The van der Waals surface area contributed by atoms with Gasteiger partial charge in [0.2, 0.25) is 0 Å². The summed E-state index contributed by atoms with van der Waals surface area (Å²) in [6.07, 6.45) is 0.702. The molecule has 0 bridgehead atoms. The number of para-hydroxylation sites is 2. The molecule has 10 heteroatoms. The third-order valence-corrected chi connectivity index (χ3v) is 5.51. The van der Waals surface area contributed by atoms with E-state index in [2.05, 4.69) is 4.98 Å². The number of thiazole rings is 1. The summed E-state index contributed by atoms with van der Waals surface area (Å²) in [7, 11) is 3.92. The number of fused-ring (bicyclic) bond motifs is 1. The Kier molecular flexibility index (Phi) is 8.73. The van der Waals surface area contributed by atoms with Gasteiger partial charge in [-0.25, -0.2) is 4.98 Å². The number of carbonyl (C=O) groups is 1. The number of rotatable bonds is 9. The lowest BCUT2D eigenvalue weighted by molar-refractivity contribution is -0.385. The summed E-state index contributed by atoms with van der Waals surface area (Å²) in [6, 6.07) is 11.7. The number of hydrogen-bond donors (Lipinski definition) is 0. The Balaban J connectivity index is 0.00000341. The maximum absolute atomic E-state index is 13.4. The molecule has 2 aromatic carbocycles. The number of nitro groups is 1. The summed E-state index contributed by atoms with van der Waals surface area (Å²) >= 11 is 1.37. The number of amides is 1. The highest BCUT2D eigenvalue weighted by Gasteiger charge is 2.27. The highest BCUT2D eigenvalue weighted by atomic mass is 35.5. The zero-order valence-electron chi connectivity index (χ0n) is 17.6. The summed E-state index contributed by atoms with van der Waals surface area (Å²) in [4.78, 5) is 32.5. The molecule has 0 saturated carbocycles. The average Bonchev–Trinajstić information content (AvgIpc) is 3.15. The second kappa shape index (κ2) is 11.0. The van der Waals surface area contributed by atoms with Crippen molar-refractivity contribution in [2.24, 2.45) is 0 Å². The van der Waals surface area contributed by atoms with Crippen LogP contribution in [0.15, 0.2) is 42.5 Å². The second-order valence-corrected chi connectivity index (χ2v) is 7.93. The molecule has 0 aliphatic carbocycles. The minimum atomic E-state index is -0.531. The molecule has 3 aromatic rings. The highest BCUT2D eigenvalue weighted by Crippen LogP contribution is 2.35. The Morgan fingerprint density at radius 2 is 1.90 bits per heavy atom. The van der Waals surface area contributed by atoms with Crippen LogP contribution >= 0.6 is 23.7 Å². The van der Waals surface area contributed by atoms with Crippen molar-refractivity contribution in [3.8, 4) is 5.75 Å². The van der Waals surface area contributed by atoms with Crippen molar-refractivity contribution in [3.05, 3.63) is 58.1 Å². The van der Waals surface area contributed by atoms with E-state index in [1.165, 1.54) is 28.4 Å². The van der Waals surface area contributed by atoms with Crippen molar-refractivity contribution in [2.75, 3.05) is 38.7 Å². The highest BCUT2D eigenvalue weighted by molar-refractivity contribution is 7.22. The van der Waals surface area contributed by atoms with Crippen LogP contribution < -0.4 is 9.64 Å². The Hall–Kier alpha value is -2.75. The fraction of sp³-hybridized carbons (Fsp3) is 0.333. The Labute approximate surface area is 191 Å². The number of ether oxygens (including phenoxy) is 1. The van der Waals surface area contributed by atoms with E-state index in [9.17, 15) is 14.9 Å². The quantitative estimate of drug-likeness (QED) is 0.339. The van der Waals surface area contributed by atoms with Crippen LogP contribution in [0.2, 0.25) is 0 Å². The summed E-state index contributed by atoms with van der Waals surface area (Å²) in [5.74, 6) is 0.224. The van der Waals surface area contributed by atoms with Crippen LogP contribution in [0.3, 0.4) is 0 Å². The van der Waals surface area contributed by atoms with E-state index >= 15 is 0 Å². The largest absolute Gasteiger partial charge is 0.492 e. The second-order valence-electron chi connectivity index (χ2n) is 6.92. The predicted octanol–water partition coefficient (Wildman–Crippen LogP) is 4.62. The summed E-state index contributed by atoms with van der Waals surface area (Å²) in [6.45, 7) is 3.58. The molecule has 166 valence electrons. The van der Waals surface area contributed by atoms with Gasteiger partial charge in [-0.1, -0.05) is 29.5 Å². The topological polar surface area (TPSA) is 88.8 Å². The van der Waals surface area contributed by atoms with Crippen LogP contribution in [0.1, 0.15) is 23.7 Å².